The van der Waals surface area contributed by atoms with E-state index in [0.717, 1.165) is 31.3 Å². The molecule has 0 aliphatic heterocycles. The van der Waals surface area contributed by atoms with Gasteiger partial charge in [0.15, 0.2) is 0 Å². The molecule has 0 bridgehead atoms. The highest BCUT2D eigenvalue weighted by Gasteiger charge is 2.04. The summed E-state index contributed by atoms with van der Waals surface area (Å²) in [6.07, 6.45) is 10.1. The van der Waals surface area contributed by atoms with Gasteiger partial charge in [-0.25, -0.2) is 9.97 Å². The average Bonchev–Trinajstić information content (AvgIpc) is 2.97. The minimum atomic E-state index is 0.908. The van der Waals surface area contributed by atoms with Gasteiger partial charge in [-0.2, -0.15) is 0 Å². The van der Waals surface area contributed by atoms with E-state index in [1.54, 1.807) is 6.20 Å². The molecule has 0 aliphatic carbocycles. The van der Waals surface area contributed by atoms with Crippen LogP contribution >= 0.6 is 0 Å². The molecule has 0 unspecified atom stereocenters. The van der Waals surface area contributed by atoms with Crippen LogP contribution in [0.15, 0.2) is 24.9 Å². The molecule has 0 atom stereocenters. The number of hydrogen-bond donors (Lipinski definition) is 1. The van der Waals surface area contributed by atoms with Crippen molar-refractivity contribution in [3.63, 3.8) is 0 Å². The van der Waals surface area contributed by atoms with Gasteiger partial charge in [-0.15, -0.1) is 0 Å². The molecule has 2 aromatic heterocycles. The van der Waals surface area contributed by atoms with Gasteiger partial charge in [0.25, 0.3) is 0 Å². The first kappa shape index (κ1) is 12.7. The van der Waals surface area contributed by atoms with E-state index in [4.69, 9.17) is 0 Å². The van der Waals surface area contributed by atoms with Crippen molar-refractivity contribution < 1.29 is 0 Å². The van der Waals surface area contributed by atoms with Crippen molar-refractivity contribution in [2.75, 3.05) is 11.9 Å². The zero-order valence-corrected chi connectivity index (χ0v) is 11.1. The van der Waals surface area contributed by atoms with Crippen LogP contribution in [0.1, 0.15) is 25.5 Å². The molecule has 0 fully saturated rings. The van der Waals surface area contributed by atoms with Gasteiger partial charge in [-0.3, -0.25) is 0 Å². The minimum Gasteiger partial charge on any atom is -0.356 e. The van der Waals surface area contributed by atoms with Gasteiger partial charge in [-0.05, 0) is 13.3 Å². The highest BCUT2D eigenvalue weighted by Crippen LogP contribution is 2.09. The lowest BCUT2D eigenvalue weighted by molar-refractivity contribution is 0.580. The molecule has 5 heteroatoms. The topological polar surface area (TPSA) is 47.7 Å². The molecular weight excluding hydrogens is 226 g/mol. The lowest BCUT2D eigenvalue weighted by Gasteiger charge is -2.09. The summed E-state index contributed by atoms with van der Waals surface area (Å²) in [4.78, 5) is 8.55. The van der Waals surface area contributed by atoms with Crippen LogP contribution < -0.4 is 5.32 Å². The number of nitrogens with one attached hydrogen (secondary N) is 1. The van der Waals surface area contributed by atoms with E-state index in [-0.39, 0.29) is 0 Å². The Morgan fingerprint density at radius 3 is 2.94 bits per heavy atom. The monoisotopic (exact) mass is 247 g/mol. The van der Waals surface area contributed by atoms with E-state index in [9.17, 15) is 0 Å². The number of imidazole rings is 2. The number of aromatic nitrogens is 4. The molecule has 2 aromatic rings. The summed E-state index contributed by atoms with van der Waals surface area (Å²) in [5.74, 6) is 0.973. The standard InChI is InChI=1S/C13H21N5/c1-3-4-5-15-13-16-12(2)10-18(13)9-8-17-7-6-14-11-17/h6-7,10-11H,3-5,8-9H2,1-2H3,(H,15,16). The van der Waals surface area contributed by atoms with Crippen LogP contribution in [0.3, 0.4) is 0 Å². The highest BCUT2D eigenvalue weighted by atomic mass is 15.2. The zero-order valence-electron chi connectivity index (χ0n) is 11.1. The van der Waals surface area contributed by atoms with Crippen molar-refractivity contribution >= 4 is 5.95 Å². The molecule has 0 saturated carbocycles. The van der Waals surface area contributed by atoms with Crippen LogP contribution in [-0.4, -0.2) is 25.6 Å². The first-order valence-electron chi connectivity index (χ1n) is 6.53. The normalized spacial score (nSPS) is 10.8. The third kappa shape index (κ3) is 3.35. The van der Waals surface area contributed by atoms with E-state index in [2.05, 4.69) is 37.5 Å². The van der Waals surface area contributed by atoms with E-state index < -0.39 is 0 Å². The zero-order chi connectivity index (χ0) is 12.8. The van der Waals surface area contributed by atoms with Gasteiger partial charge in [0.1, 0.15) is 0 Å². The Morgan fingerprint density at radius 2 is 2.22 bits per heavy atom. The van der Waals surface area contributed by atoms with Crippen molar-refractivity contribution in [3.05, 3.63) is 30.6 Å². The van der Waals surface area contributed by atoms with E-state index in [1.807, 2.05) is 19.4 Å². The van der Waals surface area contributed by atoms with Crippen LogP contribution in [-0.2, 0) is 13.1 Å². The van der Waals surface area contributed by atoms with Crippen molar-refractivity contribution in [1.82, 2.24) is 19.1 Å². The van der Waals surface area contributed by atoms with Gasteiger partial charge >= 0.3 is 0 Å². The van der Waals surface area contributed by atoms with Gasteiger partial charge < -0.3 is 14.5 Å². The third-order valence-corrected chi connectivity index (χ3v) is 2.87. The largest absolute Gasteiger partial charge is 0.356 e. The molecule has 0 saturated heterocycles. The summed E-state index contributed by atoms with van der Waals surface area (Å²) in [7, 11) is 0. The Hall–Kier alpha value is -1.78. The molecule has 0 amide bonds. The second-order valence-corrected chi connectivity index (χ2v) is 4.48. The number of anilines is 1. The van der Waals surface area contributed by atoms with Crippen LogP contribution in [0.25, 0.3) is 0 Å². The molecule has 18 heavy (non-hydrogen) atoms. The molecule has 2 rings (SSSR count). The van der Waals surface area contributed by atoms with Gasteiger partial charge in [0.2, 0.25) is 5.95 Å². The van der Waals surface area contributed by atoms with E-state index >= 15 is 0 Å². The first-order valence-corrected chi connectivity index (χ1v) is 6.53. The predicted octanol–water partition coefficient (Wildman–Crippen LogP) is 2.30. The molecule has 5 nitrogen and oxygen atoms in total. The second-order valence-electron chi connectivity index (χ2n) is 4.48. The lowest BCUT2D eigenvalue weighted by atomic mass is 10.3. The maximum Gasteiger partial charge on any atom is 0.203 e. The van der Waals surface area contributed by atoms with E-state index in [1.165, 1.54) is 12.8 Å². The fraction of sp³-hybridized carbons (Fsp3) is 0.538. The fourth-order valence-electron chi connectivity index (χ4n) is 1.88. The number of unbranched alkanes of at least 4 members (excludes halogenated alkanes) is 1. The molecule has 98 valence electrons. The average molecular weight is 247 g/mol. The Morgan fingerprint density at radius 1 is 1.33 bits per heavy atom. The Kier molecular flexibility index (Phi) is 4.39. The lowest BCUT2D eigenvalue weighted by Crippen LogP contribution is -2.11. The van der Waals surface area contributed by atoms with Gasteiger partial charge in [0.05, 0.1) is 12.0 Å². The van der Waals surface area contributed by atoms with Gasteiger partial charge in [-0.1, -0.05) is 13.3 Å². The maximum absolute atomic E-state index is 4.51. The number of aryl methyl sites for hydroxylation is 3. The molecule has 0 spiro atoms. The van der Waals surface area contributed by atoms with Crippen molar-refractivity contribution in [2.45, 2.75) is 39.8 Å². The molecular formula is C13H21N5. The number of hydrogen-bond acceptors (Lipinski definition) is 3. The summed E-state index contributed by atoms with van der Waals surface area (Å²) in [6.45, 7) is 7.03. The SMILES string of the molecule is CCCCNc1nc(C)cn1CCn1ccnc1. The first-order chi connectivity index (χ1) is 8.79. The quantitative estimate of drug-likeness (QED) is 0.764. The molecule has 2 heterocycles. The Labute approximate surface area is 108 Å². The highest BCUT2D eigenvalue weighted by molar-refractivity contribution is 5.28. The summed E-state index contributed by atoms with van der Waals surface area (Å²) < 4.78 is 4.25. The van der Waals surface area contributed by atoms with Crippen LogP contribution in [0.2, 0.25) is 0 Å². The van der Waals surface area contributed by atoms with E-state index in [0.29, 0.717) is 0 Å². The third-order valence-electron chi connectivity index (χ3n) is 2.87. The van der Waals surface area contributed by atoms with Gasteiger partial charge in [0, 0.05) is 38.2 Å². The van der Waals surface area contributed by atoms with Crippen LogP contribution in [0.4, 0.5) is 5.95 Å². The summed E-state index contributed by atoms with van der Waals surface area (Å²) in [6, 6.07) is 0. The molecule has 0 aliphatic rings. The molecule has 0 radical (unpaired) electrons. The Balaban J connectivity index is 1.93. The number of nitrogens with zero attached hydrogens (tertiary/aromatic N) is 4. The fourth-order valence-corrected chi connectivity index (χ4v) is 1.88. The number of rotatable bonds is 7. The maximum atomic E-state index is 4.51. The van der Waals surface area contributed by atoms with Crippen LogP contribution in [0, 0.1) is 6.92 Å². The Bertz CT molecular complexity index is 458. The minimum absolute atomic E-state index is 0.908. The molecule has 1 N–H and O–H groups in total. The second kappa shape index (κ2) is 6.23. The van der Waals surface area contributed by atoms with Crippen molar-refractivity contribution in [2.24, 2.45) is 0 Å². The van der Waals surface area contributed by atoms with Crippen molar-refractivity contribution in [1.29, 1.82) is 0 Å². The molecule has 0 aromatic carbocycles. The summed E-state index contributed by atoms with van der Waals surface area (Å²) >= 11 is 0. The van der Waals surface area contributed by atoms with Crippen LogP contribution in [0.5, 0.6) is 0 Å². The summed E-state index contributed by atoms with van der Waals surface area (Å²) in [5, 5.41) is 3.39. The predicted molar refractivity (Wildman–Crippen MR) is 72.6 cm³/mol. The summed E-state index contributed by atoms with van der Waals surface area (Å²) in [5.41, 5.74) is 1.06. The smallest absolute Gasteiger partial charge is 0.203 e. The van der Waals surface area contributed by atoms with Crippen molar-refractivity contribution in [3.8, 4) is 0 Å².